The van der Waals surface area contributed by atoms with Gasteiger partial charge in [-0.3, -0.25) is 10.2 Å². The molecule has 21 heavy (non-hydrogen) atoms. The van der Waals surface area contributed by atoms with Crippen LogP contribution >= 0.6 is 0 Å². The fraction of sp³-hybridized carbons (Fsp3) is 0.235. The minimum absolute atomic E-state index is 0.0601. The van der Waals surface area contributed by atoms with Crippen LogP contribution in [0.1, 0.15) is 24.1 Å². The van der Waals surface area contributed by atoms with Crippen LogP contribution in [0.25, 0.3) is 0 Å². The Balaban J connectivity index is 2.31. The van der Waals surface area contributed by atoms with Crippen molar-refractivity contribution in [3.8, 4) is 0 Å². The van der Waals surface area contributed by atoms with E-state index < -0.39 is 6.04 Å². The number of hydrogen-bond donors (Lipinski definition) is 2. The summed E-state index contributed by atoms with van der Waals surface area (Å²) in [4.78, 5) is 11.8. The van der Waals surface area contributed by atoms with Gasteiger partial charge in [-0.15, -0.1) is 0 Å². The third-order valence-electron chi connectivity index (χ3n) is 3.32. The van der Waals surface area contributed by atoms with Gasteiger partial charge < -0.3 is 5.73 Å². The molecule has 4 heteroatoms. The van der Waals surface area contributed by atoms with Gasteiger partial charge in [-0.2, -0.15) is 0 Å². The van der Waals surface area contributed by atoms with E-state index in [9.17, 15) is 4.79 Å². The van der Waals surface area contributed by atoms with Gasteiger partial charge in [0.25, 0.3) is 5.91 Å². The molecule has 0 saturated heterocycles. The van der Waals surface area contributed by atoms with Crippen LogP contribution in [0.2, 0.25) is 0 Å². The van der Waals surface area contributed by atoms with Gasteiger partial charge in [0, 0.05) is 7.05 Å². The first-order valence-electron chi connectivity index (χ1n) is 6.98. The Morgan fingerprint density at radius 2 is 1.43 bits per heavy atom. The molecule has 4 nitrogen and oxygen atoms in total. The molecule has 0 spiro atoms. The molecule has 0 heterocycles. The molecular formula is C17H21N3O. The smallest absolute Gasteiger partial charge is 0.250 e. The van der Waals surface area contributed by atoms with Gasteiger partial charge in [0.05, 0.1) is 12.1 Å². The lowest BCUT2D eigenvalue weighted by Gasteiger charge is -2.29. The maximum absolute atomic E-state index is 11.8. The zero-order valence-corrected chi connectivity index (χ0v) is 12.4. The monoisotopic (exact) mass is 283 g/mol. The Morgan fingerprint density at radius 3 is 1.81 bits per heavy atom. The van der Waals surface area contributed by atoms with Gasteiger partial charge in [-0.1, -0.05) is 60.7 Å². The Hall–Kier alpha value is -2.17. The van der Waals surface area contributed by atoms with Crippen LogP contribution in [0, 0.1) is 0 Å². The minimum Gasteiger partial charge on any atom is -0.320 e. The van der Waals surface area contributed by atoms with E-state index in [0.29, 0.717) is 0 Å². The van der Waals surface area contributed by atoms with Crippen LogP contribution in [0.5, 0.6) is 0 Å². The molecule has 1 atom stereocenters. The van der Waals surface area contributed by atoms with Crippen LogP contribution in [0.15, 0.2) is 60.7 Å². The average molecular weight is 283 g/mol. The zero-order chi connectivity index (χ0) is 15.2. The predicted molar refractivity (Wildman–Crippen MR) is 84.3 cm³/mol. The molecule has 0 unspecified atom stereocenters. The second-order valence-corrected chi connectivity index (χ2v) is 5.10. The normalized spacial score (nSPS) is 12.4. The number of rotatable bonds is 5. The summed E-state index contributed by atoms with van der Waals surface area (Å²) >= 11 is 0. The van der Waals surface area contributed by atoms with E-state index in [4.69, 9.17) is 5.73 Å². The molecule has 110 valence electrons. The first kappa shape index (κ1) is 15.2. The third-order valence-corrected chi connectivity index (χ3v) is 3.32. The van der Waals surface area contributed by atoms with Crippen molar-refractivity contribution >= 4 is 5.91 Å². The van der Waals surface area contributed by atoms with E-state index in [1.54, 1.807) is 11.9 Å². The van der Waals surface area contributed by atoms with Crippen LogP contribution < -0.4 is 11.2 Å². The number of carbonyl (C=O) groups excluding carboxylic acids is 1. The van der Waals surface area contributed by atoms with E-state index >= 15 is 0 Å². The largest absolute Gasteiger partial charge is 0.320 e. The van der Waals surface area contributed by atoms with E-state index in [1.165, 1.54) is 0 Å². The van der Waals surface area contributed by atoms with Crippen LogP contribution in [-0.2, 0) is 4.79 Å². The number of carbonyl (C=O) groups is 1. The van der Waals surface area contributed by atoms with Gasteiger partial charge in [0.1, 0.15) is 0 Å². The van der Waals surface area contributed by atoms with Gasteiger partial charge in [0.2, 0.25) is 0 Å². The molecule has 2 aromatic carbocycles. The predicted octanol–water partition coefficient (Wildman–Crippen LogP) is 2.09. The van der Waals surface area contributed by atoms with E-state index in [0.717, 1.165) is 11.1 Å². The third kappa shape index (κ3) is 3.90. The SMILES string of the molecule is C[C@H](N)C(=O)NN(C)C(c1ccccc1)c1ccccc1. The van der Waals surface area contributed by atoms with Crippen molar-refractivity contribution in [3.05, 3.63) is 71.8 Å². The number of amides is 1. The number of hydrogen-bond acceptors (Lipinski definition) is 3. The van der Waals surface area contributed by atoms with Gasteiger partial charge in [-0.05, 0) is 18.1 Å². The maximum atomic E-state index is 11.8. The van der Waals surface area contributed by atoms with Crippen molar-refractivity contribution in [2.24, 2.45) is 5.73 Å². The van der Waals surface area contributed by atoms with E-state index in [-0.39, 0.29) is 11.9 Å². The summed E-state index contributed by atoms with van der Waals surface area (Å²) in [5, 5.41) is 1.80. The summed E-state index contributed by atoms with van der Waals surface area (Å²) in [5.74, 6) is -0.200. The number of nitrogens with zero attached hydrogens (tertiary/aromatic N) is 1. The zero-order valence-electron chi connectivity index (χ0n) is 12.4. The summed E-state index contributed by atoms with van der Waals surface area (Å²) in [6.07, 6.45) is 0. The van der Waals surface area contributed by atoms with Crippen molar-refractivity contribution < 1.29 is 4.79 Å². The quantitative estimate of drug-likeness (QED) is 0.826. The number of nitrogens with two attached hydrogens (primary N) is 1. The molecular weight excluding hydrogens is 262 g/mol. The summed E-state index contributed by atoms with van der Waals surface area (Å²) < 4.78 is 0. The molecule has 0 saturated carbocycles. The first-order valence-corrected chi connectivity index (χ1v) is 6.98. The Labute approximate surface area is 125 Å². The fourth-order valence-corrected chi connectivity index (χ4v) is 2.25. The molecule has 2 aromatic rings. The number of benzene rings is 2. The van der Waals surface area contributed by atoms with Crippen molar-refractivity contribution in [2.45, 2.75) is 19.0 Å². The average Bonchev–Trinajstić information content (AvgIpc) is 2.49. The first-order chi connectivity index (χ1) is 10.1. The molecule has 0 radical (unpaired) electrons. The number of nitrogens with one attached hydrogen (secondary N) is 1. The van der Waals surface area contributed by atoms with Crippen molar-refractivity contribution in [3.63, 3.8) is 0 Å². The van der Waals surface area contributed by atoms with Gasteiger partial charge in [0.15, 0.2) is 0 Å². The second kappa shape index (κ2) is 7.02. The van der Waals surface area contributed by atoms with Crippen LogP contribution in [-0.4, -0.2) is 24.0 Å². The Morgan fingerprint density at radius 1 is 1.00 bits per heavy atom. The van der Waals surface area contributed by atoms with E-state index in [1.807, 2.05) is 67.7 Å². The highest BCUT2D eigenvalue weighted by atomic mass is 16.2. The Kier molecular flexibility index (Phi) is 5.09. The van der Waals surface area contributed by atoms with Crippen molar-refractivity contribution in [1.29, 1.82) is 0 Å². The lowest BCUT2D eigenvalue weighted by Crippen LogP contribution is -2.48. The van der Waals surface area contributed by atoms with Gasteiger partial charge in [-0.25, -0.2) is 5.01 Å². The molecule has 0 aliphatic heterocycles. The Bertz CT molecular complexity index is 530. The minimum atomic E-state index is -0.542. The molecule has 2 rings (SSSR count). The topological polar surface area (TPSA) is 58.4 Å². The molecule has 0 aromatic heterocycles. The lowest BCUT2D eigenvalue weighted by molar-refractivity contribution is -0.126. The molecule has 0 fully saturated rings. The standard InChI is InChI=1S/C17H21N3O/c1-13(18)17(21)19-20(2)16(14-9-5-3-6-10-14)15-11-7-4-8-12-15/h3-13,16H,18H2,1-2H3,(H,19,21)/t13-/m0/s1. The molecule has 0 bridgehead atoms. The second-order valence-electron chi connectivity index (χ2n) is 5.10. The summed E-state index contributed by atoms with van der Waals surface area (Å²) in [6.45, 7) is 1.67. The highest BCUT2D eigenvalue weighted by molar-refractivity contribution is 5.80. The summed E-state index contributed by atoms with van der Waals surface area (Å²) in [5.41, 5.74) is 10.7. The van der Waals surface area contributed by atoms with Crippen LogP contribution in [0.4, 0.5) is 0 Å². The lowest BCUT2D eigenvalue weighted by atomic mass is 9.98. The molecule has 0 aliphatic rings. The highest BCUT2D eigenvalue weighted by Crippen LogP contribution is 2.26. The summed E-state index contributed by atoms with van der Waals surface area (Å²) in [6, 6.07) is 19.5. The fourth-order valence-electron chi connectivity index (χ4n) is 2.25. The van der Waals surface area contributed by atoms with Gasteiger partial charge >= 0.3 is 0 Å². The number of hydrazine groups is 1. The molecule has 1 amide bonds. The summed E-state index contributed by atoms with van der Waals surface area (Å²) in [7, 11) is 1.85. The van der Waals surface area contributed by atoms with Crippen molar-refractivity contribution in [1.82, 2.24) is 10.4 Å². The molecule has 0 aliphatic carbocycles. The maximum Gasteiger partial charge on any atom is 0.250 e. The van der Waals surface area contributed by atoms with E-state index in [2.05, 4.69) is 5.43 Å². The highest BCUT2D eigenvalue weighted by Gasteiger charge is 2.21. The van der Waals surface area contributed by atoms with Crippen LogP contribution in [0.3, 0.4) is 0 Å². The molecule has 3 N–H and O–H groups in total. The van der Waals surface area contributed by atoms with Crippen molar-refractivity contribution in [2.75, 3.05) is 7.05 Å².